The molecule has 0 spiro atoms. The first-order valence-electron chi connectivity index (χ1n) is 7.29. The minimum absolute atomic E-state index is 0.0927. The molecule has 4 heteroatoms. The second-order valence-electron chi connectivity index (χ2n) is 5.79. The highest BCUT2D eigenvalue weighted by molar-refractivity contribution is 7.92. The van der Waals surface area contributed by atoms with Crippen molar-refractivity contribution in [1.82, 2.24) is 0 Å². The van der Waals surface area contributed by atoms with Gasteiger partial charge in [0.05, 0.1) is 10.6 Å². The van der Waals surface area contributed by atoms with Crippen LogP contribution in [0.1, 0.15) is 18.1 Å². The summed E-state index contributed by atoms with van der Waals surface area (Å²) in [5.74, 6) is 0.0927. The zero-order valence-corrected chi connectivity index (χ0v) is 13.6. The van der Waals surface area contributed by atoms with E-state index in [1.54, 1.807) is 12.1 Å². The average Bonchev–Trinajstić information content (AvgIpc) is 2.51. The maximum Gasteiger partial charge on any atom is 0.264 e. The smallest absolute Gasteiger partial charge is 0.264 e. The first-order valence-corrected chi connectivity index (χ1v) is 8.73. The summed E-state index contributed by atoms with van der Waals surface area (Å²) in [5, 5.41) is 0. The number of benzene rings is 2. The topological polar surface area (TPSA) is 37.4 Å². The Balaban J connectivity index is 2.13. The molecule has 1 heterocycles. The van der Waals surface area contributed by atoms with Gasteiger partial charge in [-0.3, -0.25) is 4.31 Å². The van der Waals surface area contributed by atoms with Crippen molar-refractivity contribution in [2.24, 2.45) is 5.92 Å². The highest BCUT2D eigenvalue weighted by Crippen LogP contribution is 2.39. The van der Waals surface area contributed by atoms with Gasteiger partial charge in [0.2, 0.25) is 0 Å². The predicted molar refractivity (Wildman–Crippen MR) is 90.4 cm³/mol. The number of nitrogens with zero attached hydrogens (tertiary/aromatic N) is 1. The zero-order valence-electron chi connectivity index (χ0n) is 12.8. The SMILES string of the molecule is C=C1c2ccccc2N(S(=O)(=O)c2ccc(C)cc2)C[C@H]1C. The Bertz CT molecular complexity index is 822. The van der Waals surface area contributed by atoms with E-state index in [0.717, 1.165) is 16.7 Å². The molecule has 0 amide bonds. The monoisotopic (exact) mass is 313 g/mol. The van der Waals surface area contributed by atoms with Crippen molar-refractivity contribution in [3.05, 3.63) is 66.2 Å². The Morgan fingerprint density at radius 2 is 1.73 bits per heavy atom. The van der Waals surface area contributed by atoms with Crippen LogP contribution >= 0.6 is 0 Å². The van der Waals surface area contributed by atoms with Crippen LogP contribution in [0.2, 0.25) is 0 Å². The van der Waals surface area contributed by atoms with Gasteiger partial charge in [0.25, 0.3) is 10.0 Å². The summed E-state index contributed by atoms with van der Waals surface area (Å²) < 4.78 is 27.5. The number of hydrogen-bond acceptors (Lipinski definition) is 2. The minimum atomic E-state index is -3.56. The molecule has 3 nitrogen and oxygen atoms in total. The van der Waals surface area contributed by atoms with Crippen LogP contribution in [-0.2, 0) is 10.0 Å². The Morgan fingerprint density at radius 3 is 2.41 bits per heavy atom. The fraction of sp³-hybridized carbons (Fsp3) is 0.222. The second kappa shape index (κ2) is 5.29. The molecule has 0 aromatic heterocycles. The molecule has 0 bridgehead atoms. The van der Waals surface area contributed by atoms with Crippen LogP contribution in [-0.4, -0.2) is 15.0 Å². The Morgan fingerprint density at radius 1 is 1.09 bits per heavy atom. The van der Waals surface area contributed by atoms with Crippen LogP contribution in [0.25, 0.3) is 5.57 Å². The maximum atomic E-state index is 13.0. The second-order valence-corrected chi connectivity index (χ2v) is 7.65. The molecule has 0 aliphatic carbocycles. The lowest BCUT2D eigenvalue weighted by atomic mass is 9.91. The quantitative estimate of drug-likeness (QED) is 0.844. The standard InChI is InChI=1S/C18H19NO2S/c1-13-8-10-16(11-9-13)22(20,21)19-12-14(2)15(3)17-6-4-5-7-18(17)19/h4-11,14H,3,12H2,1-2H3/t14-/m1/s1. The van der Waals surface area contributed by atoms with Gasteiger partial charge in [0.15, 0.2) is 0 Å². The van der Waals surface area contributed by atoms with Crippen molar-refractivity contribution in [2.75, 3.05) is 10.8 Å². The summed E-state index contributed by atoms with van der Waals surface area (Å²) in [6.45, 7) is 8.49. The molecule has 0 fully saturated rings. The van der Waals surface area contributed by atoms with Crippen LogP contribution in [0, 0.1) is 12.8 Å². The first-order chi connectivity index (χ1) is 10.4. The molecule has 0 unspecified atom stereocenters. The van der Waals surface area contributed by atoms with Crippen LogP contribution < -0.4 is 4.31 Å². The van der Waals surface area contributed by atoms with E-state index < -0.39 is 10.0 Å². The van der Waals surface area contributed by atoms with Gasteiger partial charge < -0.3 is 0 Å². The molecule has 1 atom stereocenters. The summed E-state index contributed by atoms with van der Waals surface area (Å²) >= 11 is 0. The van der Waals surface area contributed by atoms with Crippen LogP contribution in [0.4, 0.5) is 5.69 Å². The summed E-state index contributed by atoms with van der Waals surface area (Å²) in [6, 6.07) is 14.5. The molecular weight excluding hydrogens is 294 g/mol. The van der Waals surface area contributed by atoms with Gasteiger partial charge in [-0.05, 0) is 36.6 Å². The molecule has 0 saturated heterocycles. The molecule has 114 valence electrons. The zero-order chi connectivity index (χ0) is 15.9. The lowest BCUT2D eigenvalue weighted by molar-refractivity contribution is 0.584. The van der Waals surface area contributed by atoms with E-state index in [4.69, 9.17) is 0 Å². The highest BCUT2D eigenvalue weighted by Gasteiger charge is 2.33. The molecule has 2 aromatic carbocycles. The molecule has 0 radical (unpaired) electrons. The third kappa shape index (κ3) is 2.33. The van der Waals surface area contributed by atoms with Crippen molar-refractivity contribution in [2.45, 2.75) is 18.7 Å². The molecule has 3 rings (SSSR count). The van der Waals surface area contributed by atoms with E-state index in [9.17, 15) is 8.42 Å². The number of aryl methyl sites for hydroxylation is 1. The van der Waals surface area contributed by atoms with Gasteiger partial charge in [-0.2, -0.15) is 0 Å². The Hall–Kier alpha value is -2.07. The summed E-state index contributed by atoms with van der Waals surface area (Å²) in [7, 11) is -3.56. The lowest BCUT2D eigenvalue weighted by Crippen LogP contribution is -2.38. The van der Waals surface area contributed by atoms with E-state index in [2.05, 4.69) is 6.58 Å². The van der Waals surface area contributed by atoms with Crippen molar-refractivity contribution in [3.63, 3.8) is 0 Å². The number of para-hydroxylation sites is 1. The average molecular weight is 313 g/mol. The van der Waals surface area contributed by atoms with E-state index in [1.807, 2.05) is 50.2 Å². The molecule has 2 aromatic rings. The largest absolute Gasteiger partial charge is 0.265 e. The van der Waals surface area contributed by atoms with E-state index >= 15 is 0 Å². The van der Waals surface area contributed by atoms with Crippen molar-refractivity contribution in [1.29, 1.82) is 0 Å². The Labute approximate surface area is 132 Å². The van der Waals surface area contributed by atoms with Crippen molar-refractivity contribution >= 4 is 21.3 Å². The summed E-state index contributed by atoms with van der Waals surface area (Å²) in [5.41, 5.74) is 3.66. The van der Waals surface area contributed by atoms with Crippen molar-refractivity contribution < 1.29 is 8.42 Å². The lowest BCUT2D eigenvalue weighted by Gasteiger charge is -2.35. The third-order valence-corrected chi connectivity index (χ3v) is 5.96. The first kappa shape index (κ1) is 14.9. The normalized spacial score (nSPS) is 18.2. The fourth-order valence-electron chi connectivity index (χ4n) is 2.75. The predicted octanol–water partition coefficient (Wildman–Crippen LogP) is 3.85. The fourth-order valence-corrected chi connectivity index (χ4v) is 4.32. The van der Waals surface area contributed by atoms with Gasteiger partial charge in [0, 0.05) is 12.1 Å². The highest BCUT2D eigenvalue weighted by atomic mass is 32.2. The molecular formula is C18H19NO2S. The summed E-state index contributed by atoms with van der Waals surface area (Å²) in [4.78, 5) is 0.326. The molecule has 1 aliphatic heterocycles. The maximum absolute atomic E-state index is 13.0. The van der Waals surface area contributed by atoms with E-state index in [-0.39, 0.29) is 5.92 Å². The molecule has 22 heavy (non-hydrogen) atoms. The minimum Gasteiger partial charge on any atom is -0.265 e. The van der Waals surface area contributed by atoms with Gasteiger partial charge >= 0.3 is 0 Å². The summed E-state index contributed by atoms with van der Waals surface area (Å²) in [6.07, 6.45) is 0. The van der Waals surface area contributed by atoms with Gasteiger partial charge in [-0.1, -0.05) is 49.4 Å². The van der Waals surface area contributed by atoms with Gasteiger partial charge in [-0.15, -0.1) is 0 Å². The van der Waals surface area contributed by atoms with E-state index in [1.165, 1.54) is 4.31 Å². The van der Waals surface area contributed by atoms with Crippen LogP contribution in [0.15, 0.2) is 60.0 Å². The van der Waals surface area contributed by atoms with Crippen molar-refractivity contribution in [3.8, 4) is 0 Å². The van der Waals surface area contributed by atoms with Crippen LogP contribution in [0.3, 0.4) is 0 Å². The molecule has 0 N–H and O–H groups in total. The van der Waals surface area contributed by atoms with Gasteiger partial charge in [-0.25, -0.2) is 8.42 Å². The number of hydrogen-bond donors (Lipinski definition) is 0. The third-order valence-electron chi connectivity index (χ3n) is 4.16. The van der Waals surface area contributed by atoms with Crippen LogP contribution in [0.5, 0.6) is 0 Å². The number of rotatable bonds is 2. The number of anilines is 1. The molecule has 0 saturated carbocycles. The number of sulfonamides is 1. The number of fused-ring (bicyclic) bond motifs is 1. The van der Waals surface area contributed by atoms with E-state index in [0.29, 0.717) is 17.1 Å². The van der Waals surface area contributed by atoms with Gasteiger partial charge in [0.1, 0.15) is 0 Å². The molecule has 1 aliphatic rings. The Kier molecular flexibility index (Phi) is 3.57.